The van der Waals surface area contributed by atoms with Gasteiger partial charge >= 0.3 is 0 Å². The zero-order valence-electron chi connectivity index (χ0n) is 7.79. The average Bonchev–Trinajstić information content (AvgIpc) is 2.18. The molecule has 1 heterocycles. The molecule has 0 saturated heterocycles. The molecule has 0 amide bonds. The molecule has 1 unspecified atom stereocenters. The van der Waals surface area contributed by atoms with E-state index in [1.165, 1.54) is 0 Å². The lowest BCUT2D eigenvalue weighted by Gasteiger charge is -2.10. The van der Waals surface area contributed by atoms with Crippen molar-refractivity contribution < 1.29 is 5.11 Å². The molecule has 0 aromatic carbocycles. The molecule has 1 atom stereocenters. The summed E-state index contributed by atoms with van der Waals surface area (Å²) < 4.78 is 0. The van der Waals surface area contributed by atoms with Gasteiger partial charge in [-0.15, -0.1) is 11.6 Å². The highest BCUT2D eigenvalue weighted by Crippen LogP contribution is 2.16. The van der Waals surface area contributed by atoms with Crippen molar-refractivity contribution in [2.75, 3.05) is 5.88 Å². The zero-order chi connectivity index (χ0) is 10.4. The van der Waals surface area contributed by atoms with Gasteiger partial charge in [-0.05, 0) is 30.9 Å². The number of halogens is 2. The number of aliphatic hydroxyl groups is 1. The summed E-state index contributed by atoms with van der Waals surface area (Å²) in [5.41, 5.74) is 0.934. The van der Waals surface area contributed by atoms with E-state index >= 15 is 0 Å². The van der Waals surface area contributed by atoms with Crippen LogP contribution in [0.1, 0.15) is 18.4 Å². The Morgan fingerprint density at radius 2 is 2.29 bits per heavy atom. The van der Waals surface area contributed by atoms with Crippen molar-refractivity contribution in [2.24, 2.45) is 0 Å². The highest BCUT2D eigenvalue weighted by Gasteiger charge is 2.07. The van der Waals surface area contributed by atoms with Crippen LogP contribution in [-0.4, -0.2) is 22.1 Å². The first kappa shape index (κ1) is 11.8. The van der Waals surface area contributed by atoms with Gasteiger partial charge in [0.25, 0.3) is 0 Å². The molecular weight excluding hydrogens is 221 g/mol. The molecule has 0 radical (unpaired) electrons. The van der Waals surface area contributed by atoms with Crippen LogP contribution in [0.3, 0.4) is 0 Å². The molecule has 78 valence electrons. The minimum Gasteiger partial charge on any atom is -0.393 e. The van der Waals surface area contributed by atoms with E-state index in [0.717, 1.165) is 12.0 Å². The Morgan fingerprint density at radius 1 is 1.50 bits per heavy atom. The van der Waals surface area contributed by atoms with Crippen LogP contribution in [0.2, 0.25) is 5.02 Å². The topological polar surface area (TPSA) is 33.1 Å². The first-order valence-corrected chi connectivity index (χ1v) is 5.47. The smallest absolute Gasteiger partial charge is 0.0622 e. The number of pyridine rings is 1. The monoisotopic (exact) mass is 233 g/mol. The Labute approximate surface area is 93.9 Å². The number of hydrogen-bond acceptors (Lipinski definition) is 2. The largest absolute Gasteiger partial charge is 0.393 e. The van der Waals surface area contributed by atoms with Crippen molar-refractivity contribution in [1.29, 1.82) is 0 Å². The highest BCUT2D eigenvalue weighted by atomic mass is 35.5. The lowest BCUT2D eigenvalue weighted by atomic mass is 10.1. The standard InChI is InChI=1S/C10H13Cl2NO/c11-4-1-2-9(14)6-8-3-5-13-7-10(8)12/h3,5,7,9,14H,1-2,4,6H2. The fourth-order valence-corrected chi connectivity index (χ4v) is 1.59. The second kappa shape index (κ2) is 6.23. The van der Waals surface area contributed by atoms with Crippen LogP contribution in [0, 0.1) is 0 Å². The molecule has 4 heteroatoms. The third-order valence-electron chi connectivity index (χ3n) is 1.98. The van der Waals surface area contributed by atoms with Crippen LogP contribution in [0.5, 0.6) is 0 Å². The molecule has 14 heavy (non-hydrogen) atoms. The summed E-state index contributed by atoms with van der Waals surface area (Å²) in [6, 6.07) is 1.83. The van der Waals surface area contributed by atoms with Crippen molar-refractivity contribution >= 4 is 23.2 Å². The quantitative estimate of drug-likeness (QED) is 0.794. The van der Waals surface area contributed by atoms with E-state index in [0.29, 0.717) is 23.7 Å². The number of nitrogens with zero attached hydrogens (tertiary/aromatic N) is 1. The summed E-state index contributed by atoms with van der Waals surface area (Å²) >= 11 is 11.4. The van der Waals surface area contributed by atoms with Crippen LogP contribution in [0.25, 0.3) is 0 Å². The first-order valence-electron chi connectivity index (χ1n) is 4.56. The van der Waals surface area contributed by atoms with E-state index in [-0.39, 0.29) is 6.10 Å². The van der Waals surface area contributed by atoms with E-state index in [9.17, 15) is 5.11 Å². The van der Waals surface area contributed by atoms with Gasteiger partial charge in [-0.2, -0.15) is 0 Å². The third kappa shape index (κ3) is 3.82. The number of alkyl halides is 1. The zero-order valence-corrected chi connectivity index (χ0v) is 9.30. The normalized spacial score (nSPS) is 12.8. The summed E-state index contributed by atoms with van der Waals surface area (Å²) in [7, 11) is 0. The van der Waals surface area contributed by atoms with Gasteiger partial charge in [0.2, 0.25) is 0 Å². The second-order valence-corrected chi connectivity index (χ2v) is 3.94. The van der Waals surface area contributed by atoms with Crippen LogP contribution in [-0.2, 0) is 6.42 Å². The maximum absolute atomic E-state index is 9.62. The van der Waals surface area contributed by atoms with E-state index in [4.69, 9.17) is 23.2 Å². The van der Waals surface area contributed by atoms with Crippen molar-refractivity contribution in [1.82, 2.24) is 4.98 Å². The number of aliphatic hydroxyl groups excluding tert-OH is 1. The van der Waals surface area contributed by atoms with Crippen LogP contribution in [0.15, 0.2) is 18.5 Å². The SMILES string of the molecule is OC(CCCCl)Cc1ccncc1Cl. The van der Waals surface area contributed by atoms with Gasteiger partial charge in [0.1, 0.15) is 0 Å². The van der Waals surface area contributed by atoms with Gasteiger partial charge in [-0.3, -0.25) is 4.98 Å². The van der Waals surface area contributed by atoms with Gasteiger partial charge < -0.3 is 5.11 Å². The molecule has 1 N–H and O–H groups in total. The summed E-state index contributed by atoms with van der Waals surface area (Å²) in [5, 5.41) is 10.2. The van der Waals surface area contributed by atoms with E-state index in [1.54, 1.807) is 12.4 Å². The summed E-state index contributed by atoms with van der Waals surface area (Å²) in [6.45, 7) is 0. The molecule has 0 saturated carbocycles. The van der Waals surface area contributed by atoms with Crippen molar-refractivity contribution in [3.05, 3.63) is 29.0 Å². The van der Waals surface area contributed by atoms with Gasteiger partial charge in [0.15, 0.2) is 0 Å². The minimum atomic E-state index is -0.367. The first-order chi connectivity index (χ1) is 6.74. The maximum atomic E-state index is 9.62. The van der Waals surface area contributed by atoms with Gasteiger partial charge in [0, 0.05) is 18.3 Å². The van der Waals surface area contributed by atoms with E-state index in [1.807, 2.05) is 6.07 Å². The maximum Gasteiger partial charge on any atom is 0.0622 e. The summed E-state index contributed by atoms with van der Waals surface area (Å²) in [4.78, 5) is 3.88. The second-order valence-electron chi connectivity index (χ2n) is 3.16. The van der Waals surface area contributed by atoms with Gasteiger partial charge in [-0.25, -0.2) is 0 Å². The fourth-order valence-electron chi connectivity index (χ4n) is 1.24. The summed E-state index contributed by atoms with van der Waals surface area (Å²) in [5.74, 6) is 0.584. The minimum absolute atomic E-state index is 0.367. The van der Waals surface area contributed by atoms with Crippen LogP contribution < -0.4 is 0 Å². The Morgan fingerprint density at radius 3 is 2.93 bits per heavy atom. The summed E-state index contributed by atoms with van der Waals surface area (Å²) in [6.07, 6.45) is 5.00. The molecule has 1 aromatic heterocycles. The van der Waals surface area contributed by atoms with Crippen molar-refractivity contribution in [2.45, 2.75) is 25.4 Å². The molecule has 2 nitrogen and oxygen atoms in total. The van der Waals surface area contributed by atoms with Crippen LogP contribution >= 0.6 is 23.2 Å². The Balaban J connectivity index is 2.47. The number of hydrogen-bond donors (Lipinski definition) is 1. The number of rotatable bonds is 5. The van der Waals surface area contributed by atoms with Crippen LogP contribution in [0.4, 0.5) is 0 Å². The Hall–Kier alpha value is -0.310. The predicted octanol–water partition coefficient (Wildman–Crippen LogP) is 2.66. The van der Waals surface area contributed by atoms with Gasteiger partial charge in [-0.1, -0.05) is 11.6 Å². The van der Waals surface area contributed by atoms with Crippen molar-refractivity contribution in [3.8, 4) is 0 Å². The lowest BCUT2D eigenvalue weighted by Crippen LogP contribution is -2.10. The molecule has 0 aliphatic carbocycles. The molecule has 0 aliphatic rings. The van der Waals surface area contributed by atoms with E-state index in [2.05, 4.69) is 4.98 Å². The highest BCUT2D eigenvalue weighted by molar-refractivity contribution is 6.31. The Kier molecular flexibility index (Phi) is 5.23. The van der Waals surface area contributed by atoms with Gasteiger partial charge in [0.05, 0.1) is 11.1 Å². The van der Waals surface area contributed by atoms with Crippen molar-refractivity contribution in [3.63, 3.8) is 0 Å². The molecular formula is C10H13Cl2NO. The fraction of sp³-hybridized carbons (Fsp3) is 0.500. The molecule has 0 aliphatic heterocycles. The molecule has 1 rings (SSSR count). The predicted molar refractivity (Wildman–Crippen MR) is 58.9 cm³/mol. The average molecular weight is 234 g/mol. The Bertz CT molecular complexity index is 281. The third-order valence-corrected chi connectivity index (χ3v) is 2.59. The molecule has 1 aromatic rings. The number of aromatic nitrogens is 1. The van der Waals surface area contributed by atoms with E-state index < -0.39 is 0 Å². The lowest BCUT2D eigenvalue weighted by molar-refractivity contribution is 0.164. The molecule has 0 fully saturated rings. The molecule has 0 spiro atoms. The molecule has 0 bridgehead atoms.